The Morgan fingerprint density at radius 3 is 2.49 bits per heavy atom. The Morgan fingerprint density at radius 1 is 1.05 bits per heavy atom. The van der Waals surface area contributed by atoms with Crippen LogP contribution in [0.25, 0.3) is 6.08 Å². The SMILES string of the molecule is CCC(C)[C@@H]1NCCOc2ccccc2/C=C/CNC(=O)[C@@H](Cc2ccccc2)NC(=O)[C@H](CO)N(C)C1=O. The number of aliphatic hydroxyl groups excluding tert-OH is 1. The number of nitrogens with one attached hydrogen (secondary N) is 3. The van der Waals surface area contributed by atoms with Crippen molar-refractivity contribution in [1.29, 1.82) is 0 Å². The van der Waals surface area contributed by atoms with Gasteiger partial charge in [-0.15, -0.1) is 0 Å². The lowest BCUT2D eigenvalue weighted by Gasteiger charge is -2.33. The highest BCUT2D eigenvalue weighted by molar-refractivity contribution is 5.93. The molecule has 1 aliphatic heterocycles. The van der Waals surface area contributed by atoms with Gasteiger partial charge in [0.1, 0.15) is 24.4 Å². The smallest absolute Gasteiger partial charge is 0.245 e. The van der Waals surface area contributed by atoms with Crippen molar-refractivity contribution in [3.8, 4) is 5.75 Å². The van der Waals surface area contributed by atoms with E-state index < -0.39 is 30.6 Å². The molecule has 210 valence electrons. The van der Waals surface area contributed by atoms with E-state index in [-0.39, 0.29) is 30.7 Å². The second-order valence-corrected chi connectivity index (χ2v) is 9.75. The molecule has 0 saturated carbocycles. The van der Waals surface area contributed by atoms with Crippen molar-refractivity contribution in [2.75, 3.05) is 33.4 Å². The van der Waals surface area contributed by atoms with Gasteiger partial charge in [-0.05, 0) is 17.5 Å². The Morgan fingerprint density at radius 2 is 1.77 bits per heavy atom. The first kappa shape index (κ1) is 29.9. The fourth-order valence-electron chi connectivity index (χ4n) is 4.44. The molecule has 0 radical (unpaired) electrons. The summed E-state index contributed by atoms with van der Waals surface area (Å²) in [5.74, 6) is -0.610. The minimum Gasteiger partial charge on any atom is -0.492 e. The highest BCUT2D eigenvalue weighted by Crippen LogP contribution is 2.19. The number of carbonyl (C=O) groups excluding carboxylic acids is 3. The molecule has 0 aromatic heterocycles. The highest BCUT2D eigenvalue weighted by atomic mass is 16.5. The molecule has 1 aliphatic rings. The molecule has 2 aromatic rings. The molecule has 4 atom stereocenters. The second kappa shape index (κ2) is 15.0. The number of amides is 3. The van der Waals surface area contributed by atoms with Gasteiger partial charge in [0.15, 0.2) is 0 Å². The van der Waals surface area contributed by atoms with Crippen molar-refractivity contribution in [3.63, 3.8) is 0 Å². The number of benzene rings is 2. The van der Waals surface area contributed by atoms with Crippen molar-refractivity contribution in [1.82, 2.24) is 20.9 Å². The third kappa shape index (κ3) is 8.40. The predicted octanol–water partition coefficient (Wildman–Crippen LogP) is 1.76. The van der Waals surface area contributed by atoms with Gasteiger partial charge in [-0.2, -0.15) is 0 Å². The van der Waals surface area contributed by atoms with Crippen LogP contribution >= 0.6 is 0 Å². The lowest BCUT2D eigenvalue weighted by atomic mass is 9.97. The van der Waals surface area contributed by atoms with Crippen LogP contribution in [0.5, 0.6) is 5.75 Å². The van der Waals surface area contributed by atoms with Crippen LogP contribution < -0.4 is 20.7 Å². The van der Waals surface area contributed by atoms with E-state index in [1.807, 2.05) is 80.6 Å². The zero-order valence-corrected chi connectivity index (χ0v) is 22.9. The summed E-state index contributed by atoms with van der Waals surface area (Å²) in [4.78, 5) is 41.3. The summed E-state index contributed by atoms with van der Waals surface area (Å²) in [6, 6.07) is 14.3. The minimum atomic E-state index is -1.15. The molecule has 9 nitrogen and oxygen atoms in total. The molecule has 3 rings (SSSR count). The zero-order valence-electron chi connectivity index (χ0n) is 22.9. The predicted molar refractivity (Wildman–Crippen MR) is 151 cm³/mol. The Hall–Kier alpha value is -3.69. The molecule has 39 heavy (non-hydrogen) atoms. The molecule has 0 spiro atoms. The Labute approximate surface area is 230 Å². The third-order valence-electron chi connectivity index (χ3n) is 7.02. The van der Waals surface area contributed by atoms with Gasteiger partial charge in [0, 0.05) is 32.1 Å². The topological polar surface area (TPSA) is 120 Å². The van der Waals surface area contributed by atoms with E-state index in [1.54, 1.807) is 0 Å². The van der Waals surface area contributed by atoms with Crippen LogP contribution in [0.4, 0.5) is 0 Å². The van der Waals surface area contributed by atoms with Crippen molar-refractivity contribution in [3.05, 3.63) is 71.8 Å². The van der Waals surface area contributed by atoms with Gasteiger partial charge in [0.25, 0.3) is 0 Å². The summed E-state index contributed by atoms with van der Waals surface area (Å²) in [7, 11) is 1.50. The van der Waals surface area contributed by atoms with Crippen LogP contribution in [0.15, 0.2) is 60.7 Å². The minimum absolute atomic E-state index is 0.0280. The normalized spacial score (nSPS) is 23.3. The number of likely N-dealkylation sites (N-methyl/N-ethyl adjacent to an activating group) is 1. The molecule has 1 unspecified atom stereocenters. The van der Waals surface area contributed by atoms with Crippen LogP contribution in [0.1, 0.15) is 31.4 Å². The largest absolute Gasteiger partial charge is 0.492 e. The maximum Gasteiger partial charge on any atom is 0.245 e. The fraction of sp³-hybridized carbons (Fsp3) is 0.433. The maximum atomic E-state index is 13.5. The molecule has 1 heterocycles. The molecular weight excluding hydrogens is 496 g/mol. The monoisotopic (exact) mass is 536 g/mol. The van der Waals surface area contributed by atoms with E-state index >= 15 is 0 Å². The van der Waals surface area contributed by atoms with Crippen LogP contribution in [0, 0.1) is 5.92 Å². The maximum absolute atomic E-state index is 13.5. The van der Waals surface area contributed by atoms with Crippen LogP contribution in [-0.4, -0.2) is 79.2 Å². The number of para-hydroxylation sites is 1. The Bertz CT molecular complexity index is 1120. The molecule has 3 amide bonds. The summed E-state index contributed by atoms with van der Waals surface area (Å²) in [5, 5.41) is 19.0. The van der Waals surface area contributed by atoms with Gasteiger partial charge in [0.05, 0.1) is 12.6 Å². The molecular formula is C30H40N4O5. The average molecular weight is 537 g/mol. The lowest BCUT2D eigenvalue weighted by Crippen LogP contribution is -2.59. The second-order valence-electron chi connectivity index (χ2n) is 9.75. The van der Waals surface area contributed by atoms with Crippen molar-refractivity contribution in [2.45, 2.75) is 44.8 Å². The molecule has 0 fully saturated rings. The highest BCUT2D eigenvalue weighted by Gasteiger charge is 2.34. The van der Waals surface area contributed by atoms with E-state index in [0.717, 1.165) is 17.5 Å². The van der Waals surface area contributed by atoms with Crippen LogP contribution in [0.2, 0.25) is 0 Å². The first-order valence-corrected chi connectivity index (χ1v) is 13.5. The van der Waals surface area contributed by atoms with E-state index in [1.165, 1.54) is 11.9 Å². The standard InChI is InChI=1S/C30H40N4O5/c1-4-21(2)27-30(38)34(3)25(20-35)29(37)33-24(19-22-11-6-5-7-12-22)28(36)32-16-10-14-23-13-8-9-15-26(23)39-18-17-31-27/h5-15,21,24-25,27,31,35H,4,16-20H2,1-3H3,(H,32,36)(H,33,37)/b14-10+/t21?,24-,25+,27+/m1/s1. The molecule has 9 heteroatoms. The van der Waals surface area contributed by atoms with Crippen molar-refractivity contribution < 1.29 is 24.2 Å². The lowest BCUT2D eigenvalue weighted by molar-refractivity contribution is -0.143. The van der Waals surface area contributed by atoms with Gasteiger partial charge >= 0.3 is 0 Å². The van der Waals surface area contributed by atoms with E-state index in [9.17, 15) is 19.5 Å². The molecule has 0 bridgehead atoms. The third-order valence-corrected chi connectivity index (χ3v) is 7.02. The molecule has 2 aromatic carbocycles. The summed E-state index contributed by atoms with van der Waals surface area (Å²) in [6.07, 6.45) is 4.69. The summed E-state index contributed by atoms with van der Waals surface area (Å²) in [5.41, 5.74) is 1.73. The molecule has 0 saturated heterocycles. The molecule has 0 aliphatic carbocycles. The number of aliphatic hydroxyl groups is 1. The average Bonchev–Trinajstić information content (AvgIpc) is 2.95. The van der Waals surface area contributed by atoms with Gasteiger partial charge < -0.3 is 30.7 Å². The van der Waals surface area contributed by atoms with Gasteiger partial charge in [-0.3, -0.25) is 14.4 Å². The van der Waals surface area contributed by atoms with Gasteiger partial charge in [-0.25, -0.2) is 0 Å². The van der Waals surface area contributed by atoms with Crippen LogP contribution in [-0.2, 0) is 20.8 Å². The van der Waals surface area contributed by atoms with Gasteiger partial charge in [0.2, 0.25) is 17.7 Å². The first-order valence-electron chi connectivity index (χ1n) is 13.5. The number of carbonyl (C=O) groups is 3. The molecule has 4 N–H and O–H groups in total. The number of hydrogen-bond acceptors (Lipinski definition) is 6. The number of hydrogen-bond donors (Lipinski definition) is 4. The quantitative estimate of drug-likeness (QED) is 0.462. The number of nitrogens with zero attached hydrogens (tertiary/aromatic N) is 1. The van der Waals surface area contributed by atoms with E-state index in [2.05, 4.69) is 16.0 Å². The van der Waals surface area contributed by atoms with E-state index in [0.29, 0.717) is 18.9 Å². The van der Waals surface area contributed by atoms with Crippen molar-refractivity contribution in [2.24, 2.45) is 5.92 Å². The summed E-state index contributed by atoms with van der Waals surface area (Å²) < 4.78 is 5.99. The van der Waals surface area contributed by atoms with E-state index in [4.69, 9.17) is 4.74 Å². The fourth-order valence-corrected chi connectivity index (χ4v) is 4.44. The van der Waals surface area contributed by atoms with Crippen molar-refractivity contribution >= 4 is 23.8 Å². The Balaban J connectivity index is 1.92. The number of fused-ring (bicyclic) bond motifs is 1. The van der Waals surface area contributed by atoms with Crippen LogP contribution in [0.3, 0.4) is 0 Å². The van der Waals surface area contributed by atoms with Gasteiger partial charge in [-0.1, -0.05) is 81.0 Å². The zero-order chi connectivity index (χ0) is 28.2. The first-order chi connectivity index (χ1) is 18.8. The Kier molecular flexibility index (Phi) is 11.5. The summed E-state index contributed by atoms with van der Waals surface area (Å²) in [6.45, 7) is 4.37. The number of ether oxygens (including phenoxy) is 1. The number of rotatable bonds is 5. The summed E-state index contributed by atoms with van der Waals surface area (Å²) >= 11 is 0.